The molecule has 30 heavy (non-hydrogen) atoms. The van der Waals surface area contributed by atoms with Crippen molar-refractivity contribution >= 4 is 11.8 Å². The first-order chi connectivity index (χ1) is 14.4. The minimum Gasteiger partial charge on any atom is -0.497 e. The lowest BCUT2D eigenvalue weighted by Crippen LogP contribution is -2.49. The Bertz CT molecular complexity index is 833. The summed E-state index contributed by atoms with van der Waals surface area (Å²) in [6.45, 7) is 6.23. The zero-order valence-corrected chi connectivity index (χ0v) is 18.5. The Labute approximate surface area is 179 Å². The molecule has 2 aromatic carbocycles. The van der Waals surface area contributed by atoms with Crippen molar-refractivity contribution in [2.45, 2.75) is 45.7 Å². The van der Waals surface area contributed by atoms with Gasteiger partial charge in [-0.1, -0.05) is 51.1 Å². The summed E-state index contributed by atoms with van der Waals surface area (Å²) in [5.41, 5.74) is 1.96. The molecule has 2 rings (SSSR count). The van der Waals surface area contributed by atoms with Crippen LogP contribution in [0.15, 0.2) is 48.5 Å². The fraction of sp³-hybridized carbons (Fsp3) is 0.417. The first kappa shape index (κ1) is 23.3. The van der Waals surface area contributed by atoms with Gasteiger partial charge in [-0.25, -0.2) is 0 Å². The Morgan fingerprint density at radius 2 is 1.73 bits per heavy atom. The summed E-state index contributed by atoms with van der Waals surface area (Å²) < 4.78 is 11.1. The molecule has 2 aromatic rings. The maximum absolute atomic E-state index is 13.1. The van der Waals surface area contributed by atoms with Crippen LogP contribution < -0.4 is 14.8 Å². The largest absolute Gasteiger partial charge is 0.497 e. The lowest BCUT2D eigenvalue weighted by Gasteiger charge is -2.30. The van der Waals surface area contributed by atoms with E-state index in [4.69, 9.17) is 9.47 Å². The van der Waals surface area contributed by atoms with Crippen LogP contribution in [0.25, 0.3) is 0 Å². The number of rotatable bonds is 10. The number of ether oxygens (including phenoxy) is 2. The molecule has 2 amide bonds. The molecular weight excluding hydrogens is 380 g/mol. The van der Waals surface area contributed by atoms with Crippen LogP contribution in [-0.4, -0.2) is 43.5 Å². The Morgan fingerprint density at radius 1 is 1.07 bits per heavy atom. The van der Waals surface area contributed by atoms with Crippen molar-refractivity contribution in [2.24, 2.45) is 0 Å². The standard InChI is InChI=1S/C24H32N2O4/c1-6-21(24(28)25-4)26(15-18-11-13-19(29-5)14-12-18)23(27)16-30-22-10-8-7-9-20(22)17(2)3/h7-14,17,21H,6,15-16H2,1-5H3,(H,25,28)/t21-/m1/s1. The molecule has 0 fully saturated rings. The molecule has 0 heterocycles. The van der Waals surface area contributed by atoms with Crippen LogP contribution in [0.2, 0.25) is 0 Å². The number of nitrogens with one attached hydrogen (secondary N) is 1. The van der Waals surface area contributed by atoms with Gasteiger partial charge >= 0.3 is 0 Å². The molecule has 0 bridgehead atoms. The molecule has 1 atom stereocenters. The third kappa shape index (κ3) is 5.99. The summed E-state index contributed by atoms with van der Waals surface area (Å²) in [5, 5.41) is 2.66. The van der Waals surface area contributed by atoms with E-state index in [2.05, 4.69) is 19.2 Å². The number of carbonyl (C=O) groups is 2. The van der Waals surface area contributed by atoms with Crippen LogP contribution >= 0.6 is 0 Å². The molecule has 0 spiro atoms. The number of likely N-dealkylation sites (N-methyl/N-ethyl adjacent to an activating group) is 1. The first-order valence-corrected chi connectivity index (χ1v) is 10.3. The molecule has 0 unspecified atom stereocenters. The topological polar surface area (TPSA) is 67.9 Å². The third-order valence-corrected chi connectivity index (χ3v) is 5.04. The van der Waals surface area contributed by atoms with Crippen molar-refractivity contribution < 1.29 is 19.1 Å². The number of hydrogen-bond donors (Lipinski definition) is 1. The summed E-state index contributed by atoms with van der Waals surface area (Å²) in [4.78, 5) is 27.2. The van der Waals surface area contributed by atoms with E-state index in [0.717, 1.165) is 16.9 Å². The third-order valence-electron chi connectivity index (χ3n) is 5.04. The maximum Gasteiger partial charge on any atom is 0.261 e. The number of carbonyl (C=O) groups excluding carboxylic acids is 2. The number of amides is 2. The van der Waals surface area contributed by atoms with Crippen molar-refractivity contribution in [3.63, 3.8) is 0 Å². The van der Waals surface area contributed by atoms with Crippen LogP contribution in [0.3, 0.4) is 0 Å². The Hall–Kier alpha value is -3.02. The van der Waals surface area contributed by atoms with Crippen molar-refractivity contribution in [1.82, 2.24) is 10.2 Å². The molecule has 6 nitrogen and oxygen atoms in total. The van der Waals surface area contributed by atoms with E-state index in [9.17, 15) is 9.59 Å². The predicted molar refractivity (Wildman–Crippen MR) is 118 cm³/mol. The fourth-order valence-corrected chi connectivity index (χ4v) is 3.33. The van der Waals surface area contributed by atoms with Gasteiger partial charge in [-0.05, 0) is 41.7 Å². The van der Waals surface area contributed by atoms with E-state index in [1.807, 2.05) is 55.5 Å². The van der Waals surface area contributed by atoms with Gasteiger partial charge in [-0.2, -0.15) is 0 Å². The molecule has 0 aliphatic rings. The Morgan fingerprint density at radius 3 is 2.30 bits per heavy atom. The number of hydrogen-bond acceptors (Lipinski definition) is 4. The van der Waals surface area contributed by atoms with Crippen molar-refractivity contribution in [1.29, 1.82) is 0 Å². The summed E-state index contributed by atoms with van der Waals surface area (Å²) in [6.07, 6.45) is 0.504. The van der Waals surface area contributed by atoms with E-state index < -0.39 is 6.04 Å². The average Bonchev–Trinajstić information content (AvgIpc) is 2.77. The second kappa shape index (κ2) is 11.2. The van der Waals surface area contributed by atoms with Gasteiger partial charge < -0.3 is 19.7 Å². The molecule has 6 heteroatoms. The summed E-state index contributed by atoms with van der Waals surface area (Å²) >= 11 is 0. The smallest absolute Gasteiger partial charge is 0.261 e. The Balaban J connectivity index is 2.22. The number of methoxy groups -OCH3 is 1. The zero-order valence-electron chi connectivity index (χ0n) is 18.5. The minimum absolute atomic E-state index is 0.132. The van der Waals surface area contributed by atoms with Crippen molar-refractivity contribution in [3.05, 3.63) is 59.7 Å². The van der Waals surface area contributed by atoms with E-state index in [1.165, 1.54) is 0 Å². The van der Waals surface area contributed by atoms with E-state index in [0.29, 0.717) is 18.7 Å². The van der Waals surface area contributed by atoms with E-state index >= 15 is 0 Å². The molecular formula is C24H32N2O4. The van der Waals surface area contributed by atoms with Gasteiger partial charge in [0.1, 0.15) is 17.5 Å². The lowest BCUT2D eigenvalue weighted by atomic mass is 10.0. The number of benzene rings is 2. The monoisotopic (exact) mass is 412 g/mol. The normalized spacial score (nSPS) is 11.7. The van der Waals surface area contributed by atoms with Crippen LogP contribution in [0.5, 0.6) is 11.5 Å². The van der Waals surface area contributed by atoms with E-state index in [-0.39, 0.29) is 24.3 Å². The van der Waals surface area contributed by atoms with Crippen LogP contribution in [0.1, 0.15) is 44.2 Å². The molecule has 1 N–H and O–H groups in total. The Kier molecular flexibility index (Phi) is 8.71. The van der Waals surface area contributed by atoms with Gasteiger partial charge in [0.15, 0.2) is 6.61 Å². The predicted octanol–water partition coefficient (Wildman–Crippen LogP) is 3.75. The summed E-state index contributed by atoms with van der Waals surface area (Å²) in [7, 11) is 3.19. The highest BCUT2D eigenvalue weighted by Crippen LogP contribution is 2.26. The molecule has 0 saturated heterocycles. The molecule has 0 aliphatic heterocycles. The van der Waals surface area contributed by atoms with Crippen molar-refractivity contribution in [2.75, 3.05) is 20.8 Å². The molecule has 0 saturated carbocycles. The second-order valence-electron chi connectivity index (χ2n) is 7.39. The van der Waals surface area contributed by atoms with Crippen LogP contribution in [0.4, 0.5) is 0 Å². The van der Waals surface area contributed by atoms with Crippen molar-refractivity contribution in [3.8, 4) is 11.5 Å². The zero-order chi connectivity index (χ0) is 22.1. The average molecular weight is 413 g/mol. The maximum atomic E-state index is 13.1. The minimum atomic E-state index is -0.575. The SMILES string of the molecule is CC[C@H](C(=O)NC)N(Cc1ccc(OC)cc1)C(=O)COc1ccccc1C(C)C. The van der Waals surface area contributed by atoms with Crippen LogP contribution in [-0.2, 0) is 16.1 Å². The molecule has 0 radical (unpaired) electrons. The lowest BCUT2D eigenvalue weighted by molar-refractivity contribution is -0.142. The van der Waals surface area contributed by atoms with Gasteiger partial charge in [0, 0.05) is 13.6 Å². The van der Waals surface area contributed by atoms with Crippen LogP contribution in [0, 0.1) is 0 Å². The molecule has 0 aliphatic carbocycles. The quantitative estimate of drug-likeness (QED) is 0.645. The van der Waals surface area contributed by atoms with Gasteiger partial charge in [0.05, 0.1) is 7.11 Å². The molecule has 162 valence electrons. The van der Waals surface area contributed by atoms with Gasteiger partial charge in [0.25, 0.3) is 5.91 Å². The number of nitrogens with zero attached hydrogens (tertiary/aromatic N) is 1. The number of para-hydroxylation sites is 1. The second-order valence-corrected chi connectivity index (χ2v) is 7.39. The first-order valence-electron chi connectivity index (χ1n) is 10.3. The highest BCUT2D eigenvalue weighted by atomic mass is 16.5. The van der Waals surface area contributed by atoms with Gasteiger partial charge in [-0.15, -0.1) is 0 Å². The van der Waals surface area contributed by atoms with Gasteiger partial charge in [-0.3, -0.25) is 9.59 Å². The summed E-state index contributed by atoms with van der Waals surface area (Å²) in [6, 6.07) is 14.6. The fourth-order valence-electron chi connectivity index (χ4n) is 3.33. The van der Waals surface area contributed by atoms with Gasteiger partial charge in [0.2, 0.25) is 5.91 Å². The molecule has 0 aromatic heterocycles. The highest BCUT2D eigenvalue weighted by Gasteiger charge is 2.28. The highest BCUT2D eigenvalue weighted by molar-refractivity contribution is 5.88. The van der Waals surface area contributed by atoms with E-state index in [1.54, 1.807) is 19.1 Å². The summed E-state index contributed by atoms with van der Waals surface area (Å²) in [5.74, 6) is 1.28.